The quantitative estimate of drug-likeness (QED) is 0.113. The fourth-order valence-electron chi connectivity index (χ4n) is 11.2. The molecule has 0 bridgehead atoms. The Morgan fingerprint density at radius 2 is 0.730 bits per heavy atom. The van der Waals surface area contributed by atoms with E-state index in [4.69, 9.17) is 21.5 Å². The SMILES string of the molecule is [C-]#[N+]c1ccc(-c2cccc(-c3ccccc3-c3cc4c5c(cccc5c3)-c3ccccc3-4)c2)cc1-c1ccc(-c2nc(-c3ccccc3)nc(-c3ccccc3-c3cc4ccccc4c4ccccc34)n2)cc1. The van der Waals surface area contributed by atoms with Gasteiger partial charge in [-0.1, -0.05) is 231 Å². The van der Waals surface area contributed by atoms with E-state index >= 15 is 0 Å². The Labute approximate surface area is 429 Å². The molecule has 1 aliphatic rings. The van der Waals surface area contributed by atoms with Gasteiger partial charge in [-0.25, -0.2) is 19.8 Å². The summed E-state index contributed by atoms with van der Waals surface area (Å²) in [5.41, 5.74) is 19.2. The van der Waals surface area contributed by atoms with E-state index in [1.807, 2.05) is 36.4 Å². The molecule has 1 aliphatic carbocycles. The molecule has 0 aliphatic heterocycles. The molecule has 1 aromatic heterocycles. The molecule has 0 radical (unpaired) electrons. The molecule has 0 spiro atoms. The van der Waals surface area contributed by atoms with Crippen molar-refractivity contribution in [2.75, 3.05) is 0 Å². The standard InChI is InChI=1S/C70H42N4/c1-71-66-38-37-48(47-20-15-21-49(39-47)53-23-7-8-25-55(53)52-40-51-22-16-32-61-57-27-10-12-29-59(57)65(43-52)67(51)61)41-63(66)44-33-35-46(36-34-44)69-72-68(45-17-3-2-4-18-45)73-70(74-69)62-31-14-13-30-60(62)64-42-50-19-5-6-24-54(50)56-26-9-11-28-58(56)64/h2-43H. The molecular formula is C70H42N4. The number of nitrogens with zero attached hydrogens (tertiary/aromatic N) is 4. The second kappa shape index (κ2) is 17.6. The first kappa shape index (κ1) is 42.8. The maximum absolute atomic E-state index is 8.23. The van der Waals surface area contributed by atoms with Gasteiger partial charge in [0.05, 0.1) is 6.57 Å². The van der Waals surface area contributed by atoms with Crippen LogP contribution in [0.3, 0.4) is 0 Å². The zero-order chi connectivity index (χ0) is 49.1. The first-order chi connectivity index (χ1) is 36.6. The summed E-state index contributed by atoms with van der Waals surface area (Å²) in [6.07, 6.45) is 0. The molecule has 0 unspecified atom stereocenters. The molecule has 342 valence electrons. The van der Waals surface area contributed by atoms with Crippen LogP contribution in [0.4, 0.5) is 5.69 Å². The van der Waals surface area contributed by atoms with Crippen molar-refractivity contribution in [1.82, 2.24) is 15.0 Å². The number of aromatic nitrogens is 3. The monoisotopic (exact) mass is 938 g/mol. The summed E-state index contributed by atoms with van der Waals surface area (Å²) in [6, 6.07) is 90.0. The van der Waals surface area contributed by atoms with Crippen molar-refractivity contribution in [3.05, 3.63) is 266 Å². The minimum atomic E-state index is 0.567. The van der Waals surface area contributed by atoms with E-state index in [9.17, 15) is 0 Å². The zero-order valence-corrected chi connectivity index (χ0v) is 40.0. The molecule has 14 rings (SSSR count). The van der Waals surface area contributed by atoms with Gasteiger partial charge in [0.15, 0.2) is 23.2 Å². The third kappa shape index (κ3) is 7.26. The molecule has 74 heavy (non-hydrogen) atoms. The largest absolute Gasteiger partial charge is 0.238 e. The lowest BCUT2D eigenvalue weighted by molar-refractivity contribution is 1.07. The van der Waals surface area contributed by atoms with Crippen LogP contribution in [0.1, 0.15) is 0 Å². The van der Waals surface area contributed by atoms with Crippen LogP contribution in [0, 0.1) is 6.57 Å². The van der Waals surface area contributed by atoms with Crippen LogP contribution in [-0.4, -0.2) is 15.0 Å². The van der Waals surface area contributed by atoms with Gasteiger partial charge in [0.2, 0.25) is 0 Å². The Morgan fingerprint density at radius 3 is 1.49 bits per heavy atom. The second-order valence-corrected chi connectivity index (χ2v) is 18.9. The molecule has 0 amide bonds. The molecule has 0 saturated carbocycles. The van der Waals surface area contributed by atoms with E-state index in [1.165, 1.54) is 71.3 Å². The van der Waals surface area contributed by atoms with Crippen LogP contribution in [-0.2, 0) is 0 Å². The van der Waals surface area contributed by atoms with Crippen molar-refractivity contribution in [1.29, 1.82) is 0 Å². The van der Waals surface area contributed by atoms with E-state index < -0.39 is 0 Å². The van der Waals surface area contributed by atoms with Gasteiger partial charge in [0.25, 0.3) is 0 Å². The molecule has 0 atom stereocenters. The van der Waals surface area contributed by atoms with Gasteiger partial charge in [-0.05, 0) is 134 Å². The van der Waals surface area contributed by atoms with Gasteiger partial charge in [0.1, 0.15) is 0 Å². The van der Waals surface area contributed by atoms with Crippen LogP contribution in [0.2, 0.25) is 0 Å². The third-order valence-corrected chi connectivity index (χ3v) is 14.7. The van der Waals surface area contributed by atoms with Crippen LogP contribution < -0.4 is 0 Å². The minimum absolute atomic E-state index is 0.567. The molecule has 12 aromatic carbocycles. The summed E-state index contributed by atoms with van der Waals surface area (Å²) >= 11 is 0. The van der Waals surface area contributed by atoms with Crippen molar-refractivity contribution in [2.45, 2.75) is 0 Å². The Balaban J connectivity index is 0.826. The van der Waals surface area contributed by atoms with Crippen molar-refractivity contribution in [3.63, 3.8) is 0 Å². The average Bonchev–Trinajstić information content (AvgIpc) is 3.83. The van der Waals surface area contributed by atoms with E-state index in [1.54, 1.807) is 0 Å². The van der Waals surface area contributed by atoms with Gasteiger partial charge in [0, 0.05) is 16.7 Å². The van der Waals surface area contributed by atoms with Gasteiger partial charge >= 0.3 is 0 Å². The molecule has 0 N–H and O–H groups in total. The fraction of sp³-hybridized carbons (Fsp3) is 0. The first-order valence-electron chi connectivity index (χ1n) is 24.9. The smallest absolute Gasteiger partial charge is 0.194 e. The number of hydrogen-bond donors (Lipinski definition) is 0. The van der Waals surface area contributed by atoms with Crippen molar-refractivity contribution >= 4 is 38.0 Å². The lowest BCUT2D eigenvalue weighted by Gasteiger charge is -2.15. The summed E-state index contributed by atoms with van der Waals surface area (Å²) in [5.74, 6) is 1.75. The van der Waals surface area contributed by atoms with Crippen LogP contribution in [0.25, 0.3) is 149 Å². The van der Waals surface area contributed by atoms with Crippen molar-refractivity contribution in [3.8, 4) is 112 Å². The highest BCUT2D eigenvalue weighted by atomic mass is 15.0. The van der Waals surface area contributed by atoms with Crippen molar-refractivity contribution < 1.29 is 0 Å². The van der Waals surface area contributed by atoms with Crippen molar-refractivity contribution in [2.24, 2.45) is 0 Å². The molecule has 13 aromatic rings. The highest BCUT2D eigenvalue weighted by Crippen LogP contribution is 2.50. The number of fused-ring (bicyclic) bond motifs is 6. The zero-order valence-electron chi connectivity index (χ0n) is 40.0. The number of benzene rings is 12. The minimum Gasteiger partial charge on any atom is -0.238 e. The Hall–Kier alpha value is -10.1. The van der Waals surface area contributed by atoms with E-state index in [0.717, 1.165) is 55.6 Å². The lowest BCUT2D eigenvalue weighted by atomic mass is 9.90. The van der Waals surface area contributed by atoms with E-state index in [2.05, 4.69) is 223 Å². The summed E-state index contributed by atoms with van der Waals surface area (Å²) in [6.45, 7) is 8.23. The van der Waals surface area contributed by atoms with Crippen LogP contribution in [0.15, 0.2) is 255 Å². The van der Waals surface area contributed by atoms with Gasteiger partial charge < -0.3 is 0 Å². The first-order valence-corrected chi connectivity index (χ1v) is 24.9. The molecule has 4 heteroatoms. The summed E-state index contributed by atoms with van der Waals surface area (Å²) in [7, 11) is 0. The summed E-state index contributed by atoms with van der Waals surface area (Å²) in [5, 5.41) is 7.35. The number of hydrogen-bond acceptors (Lipinski definition) is 3. The van der Waals surface area contributed by atoms with Gasteiger partial charge in [-0.15, -0.1) is 0 Å². The molecule has 4 nitrogen and oxygen atoms in total. The lowest BCUT2D eigenvalue weighted by Crippen LogP contribution is -2.01. The topological polar surface area (TPSA) is 43.0 Å². The second-order valence-electron chi connectivity index (χ2n) is 18.9. The van der Waals surface area contributed by atoms with E-state index in [-0.39, 0.29) is 0 Å². The predicted molar refractivity (Wildman–Crippen MR) is 307 cm³/mol. The maximum atomic E-state index is 8.23. The van der Waals surface area contributed by atoms with Gasteiger partial charge in [-0.2, -0.15) is 0 Å². The fourth-order valence-corrected chi connectivity index (χ4v) is 11.2. The Bertz CT molecular complexity index is 4430. The van der Waals surface area contributed by atoms with E-state index in [0.29, 0.717) is 23.2 Å². The highest BCUT2D eigenvalue weighted by molar-refractivity contribution is 6.17. The maximum Gasteiger partial charge on any atom is 0.194 e. The average molecular weight is 939 g/mol. The predicted octanol–water partition coefficient (Wildman–Crippen LogP) is 18.9. The van der Waals surface area contributed by atoms with Gasteiger partial charge in [-0.3, -0.25) is 0 Å². The highest BCUT2D eigenvalue weighted by Gasteiger charge is 2.23. The Kier molecular flexibility index (Phi) is 10.2. The number of rotatable bonds is 8. The summed E-state index contributed by atoms with van der Waals surface area (Å²) < 4.78 is 0. The van der Waals surface area contributed by atoms with Crippen LogP contribution >= 0.6 is 0 Å². The van der Waals surface area contributed by atoms with Crippen LogP contribution in [0.5, 0.6) is 0 Å². The normalized spacial score (nSPS) is 11.5. The molecule has 1 heterocycles. The molecule has 0 saturated heterocycles. The Morgan fingerprint density at radius 1 is 0.243 bits per heavy atom. The third-order valence-electron chi connectivity index (χ3n) is 14.7. The molecule has 0 fully saturated rings. The summed E-state index contributed by atoms with van der Waals surface area (Å²) in [4.78, 5) is 19.5. The molecular weight excluding hydrogens is 897 g/mol.